The van der Waals surface area contributed by atoms with Gasteiger partial charge < -0.3 is 0 Å². The van der Waals surface area contributed by atoms with Gasteiger partial charge in [0.2, 0.25) is 0 Å². The molecule has 1 nitrogen and oxygen atoms in total. The summed E-state index contributed by atoms with van der Waals surface area (Å²) in [6.45, 7) is 1.04. The largest absolute Gasteiger partial charge is 0.283 e. The van der Waals surface area contributed by atoms with Crippen molar-refractivity contribution in [1.82, 2.24) is 0 Å². The van der Waals surface area contributed by atoms with Gasteiger partial charge in [0, 0.05) is 12.3 Å². The molecule has 68 valence electrons. The van der Waals surface area contributed by atoms with Crippen LogP contribution >= 0.6 is 11.8 Å². The van der Waals surface area contributed by atoms with Crippen LogP contribution < -0.4 is 0 Å². The lowest BCUT2D eigenvalue weighted by molar-refractivity contribution is 0.952. The summed E-state index contributed by atoms with van der Waals surface area (Å²) in [6, 6.07) is 10.6. The van der Waals surface area contributed by atoms with Crippen LogP contribution in [0, 0.1) is 0 Å². The van der Waals surface area contributed by atoms with Gasteiger partial charge in [-0.05, 0) is 18.4 Å². The molecule has 0 N–H and O–H groups in total. The number of benzene rings is 1. The van der Waals surface area contributed by atoms with Crippen molar-refractivity contribution in [1.29, 1.82) is 0 Å². The summed E-state index contributed by atoms with van der Waals surface area (Å²) >= 11 is 1.89. The SMILES string of the molecule is c1ccc(CSC2=NCCC2)cc1. The molecule has 0 aliphatic carbocycles. The number of nitrogens with zero attached hydrogens (tertiary/aromatic N) is 1. The molecule has 0 amide bonds. The molecule has 0 spiro atoms. The Labute approximate surface area is 83.3 Å². The van der Waals surface area contributed by atoms with E-state index in [0.29, 0.717) is 0 Å². The standard InChI is InChI=1S/C11H13NS/c1-2-5-10(6-3-1)9-13-11-7-4-8-12-11/h1-3,5-6H,4,7-9H2. The summed E-state index contributed by atoms with van der Waals surface area (Å²) in [6.07, 6.45) is 2.44. The lowest BCUT2D eigenvalue weighted by Crippen LogP contribution is -1.87. The molecule has 13 heavy (non-hydrogen) atoms. The predicted octanol–water partition coefficient (Wildman–Crippen LogP) is 3.11. The topological polar surface area (TPSA) is 12.4 Å². The molecular weight excluding hydrogens is 178 g/mol. The van der Waals surface area contributed by atoms with Crippen molar-refractivity contribution in [2.24, 2.45) is 4.99 Å². The third-order valence-corrected chi connectivity index (χ3v) is 3.23. The van der Waals surface area contributed by atoms with Gasteiger partial charge in [0.15, 0.2) is 0 Å². The van der Waals surface area contributed by atoms with Crippen molar-refractivity contribution >= 4 is 16.8 Å². The molecule has 1 aromatic carbocycles. The average Bonchev–Trinajstić information content (AvgIpc) is 2.69. The third kappa shape index (κ3) is 2.59. The molecule has 1 aliphatic rings. The van der Waals surface area contributed by atoms with E-state index in [4.69, 9.17) is 0 Å². The highest BCUT2D eigenvalue weighted by Crippen LogP contribution is 2.19. The smallest absolute Gasteiger partial charge is 0.0679 e. The van der Waals surface area contributed by atoms with Gasteiger partial charge in [0.1, 0.15) is 0 Å². The Morgan fingerprint density at radius 2 is 2.08 bits per heavy atom. The summed E-state index contributed by atoms with van der Waals surface area (Å²) in [5.74, 6) is 1.07. The van der Waals surface area contributed by atoms with Gasteiger partial charge in [-0.1, -0.05) is 30.3 Å². The molecule has 0 bridgehead atoms. The fourth-order valence-corrected chi connectivity index (χ4v) is 2.37. The van der Waals surface area contributed by atoms with Gasteiger partial charge in [-0.3, -0.25) is 4.99 Å². The second-order valence-corrected chi connectivity index (χ2v) is 4.20. The molecule has 0 saturated heterocycles. The second kappa shape index (κ2) is 4.47. The van der Waals surface area contributed by atoms with Gasteiger partial charge in [-0.25, -0.2) is 0 Å². The highest BCUT2D eigenvalue weighted by Gasteiger charge is 2.06. The maximum atomic E-state index is 4.43. The maximum absolute atomic E-state index is 4.43. The van der Waals surface area contributed by atoms with E-state index >= 15 is 0 Å². The Hall–Kier alpha value is -0.760. The van der Waals surface area contributed by atoms with Crippen molar-refractivity contribution in [2.45, 2.75) is 18.6 Å². The van der Waals surface area contributed by atoms with E-state index < -0.39 is 0 Å². The van der Waals surface area contributed by atoms with Crippen molar-refractivity contribution < 1.29 is 0 Å². The minimum absolute atomic E-state index is 1.04. The van der Waals surface area contributed by atoms with Crippen LogP contribution in [0.3, 0.4) is 0 Å². The summed E-state index contributed by atoms with van der Waals surface area (Å²) in [5, 5.41) is 1.34. The first kappa shape index (κ1) is 8.82. The monoisotopic (exact) mass is 191 g/mol. The number of rotatable bonds is 2. The minimum Gasteiger partial charge on any atom is -0.283 e. The molecule has 0 aromatic heterocycles. The molecule has 0 radical (unpaired) electrons. The second-order valence-electron chi connectivity index (χ2n) is 3.15. The lowest BCUT2D eigenvalue weighted by Gasteiger charge is -1.99. The minimum atomic E-state index is 1.04. The molecule has 0 fully saturated rings. The van der Waals surface area contributed by atoms with Crippen LogP contribution in [0.25, 0.3) is 0 Å². The third-order valence-electron chi connectivity index (χ3n) is 2.09. The number of hydrogen-bond donors (Lipinski definition) is 0. The summed E-state index contributed by atoms with van der Waals surface area (Å²) in [4.78, 5) is 4.43. The number of hydrogen-bond acceptors (Lipinski definition) is 2. The summed E-state index contributed by atoms with van der Waals surface area (Å²) in [5.41, 5.74) is 1.39. The normalized spacial score (nSPS) is 15.8. The molecule has 2 rings (SSSR count). The molecule has 0 unspecified atom stereocenters. The fourth-order valence-electron chi connectivity index (χ4n) is 1.37. The quantitative estimate of drug-likeness (QED) is 0.699. The lowest BCUT2D eigenvalue weighted by atomic mass is 10.2. The van der Waals surface area contributed by atoms with Crippen molar-refractivity contribution in [2.75, 3.05) is 6.54 Å². The van der Waals surface area contributed by atoms with Crippen molar-refractivity contribution in [3.63, 3.8) is 0 Å². The van der Waals surface area contributed by atoms with Gasteiger partial charge in [-0.2, -0.15) is 0 Å². The van der Waals surface area contributed by atoms with Gasteiger partial charge >= 0.3 is 0 Å². The zero-order valence-corrected chi connectivity index (χ0v) is 8.39. The Kier molecular flexibility index (Phi) is 3.03. The molecule has 0 atom stereocenters. The zero-order chi connectivity index (χ0) is 8.93. The van der Waals surface area contributed by atoms with Crippen LogP contribution in [0.4, 0.5) is 0 Å². The number of thioether (sulfide) groups is 1. The Bertz CT molecular complexity index is 292. The van der Waals surface area contributed by atoms with E-state index in [1.807, 2.05) is 11.8 Å². The van der Waals surface area contributed by atoms with E-state index in [-0.39, 0.29) is 0 Å². The van der Waals surface area contributed by atoms with E-state index in [2.05, 4.69) is 35.3 Å². The van der Waals surface area contributed by atoms with Gasteiger partial charge in [0.05, 0.1) is 5.04 Å². The van der Waals surface area contributed by atoms with Crippen LogP contribution in [-0.4, -0.2) is 11.6 Å². The molecule has 0 saturated carbocycles. The first-order valence-corrected chi connectivity index (χ1v) is 5.64. The zero-order valence-electron chi connectivity index (χ0n) is 7.57. The van der Waals surface area contributed by atoms with Crippen LogP contribution in [0.2, 0.25) is 0 Å². The average molecular weight is 191 g/mol. The van der Waals surface area contributed by atoms with Crippen LogP contribution in [-0.2, 0) is 5.75 Å². The van der Waals surface area contributed by atoms with E-state index in [9.17, 15) is 0 Å². The molecule has 1 aromatic rings. The fraction of sp³-hybridized carbons (Fsp3) is 0.364. The van der Waals surface area contributed by atoms with Crippen molar-refractivity contribution in [3.8, 4) is 0 Å². The summed E-state index contributed by atoms with van der Waals surface area (Å²) < 4.78 is 0. The predicted molar refractivity (Wildman–Crippen MR) is 59.3 cm³/mol. The van der Waals surface area contributed by atoms with E-state index in [0.717, 1.165) is 12.3 Å². The van der Waals surface area contributed by atoms with Gasteiger partial charge in [-0.15, -0.1) is 11.8 Å². The molecule has 1 aliphatic heterocycles. The van der Waals surface area contributed by atoms with Crippen LogP contribution in [0.1, 0.15) is 18.4 Å². The van der Waals surface area contributed by atoms with Crippen molar-refractivity contribution in [3.05, 3.63) is 35.9 Å². The van der Waals surface area contributed by atoms with Gasteiger partial charge in [0.25, 0.3) is 0 Å². The number of aliphatic imine (C=N–C) groups is 1. The Morgan fingerprint density at radius 1 is 1.23 bits per heavy atom. The highest BCUT2D eigenvalue weighted by molar-refractivity contribution is 8.13. The maximum Gasteiger partial charge on any atom is 0.0679 e. The van der Waals surface area contributed by atoms with Crippen LogP contribution in [0.15, 0.2) is 35.3 Å². The van der Waals surface area contributed by atoms with Crippen LogP contribution in [0.5, 0.6) is 0 Å². The first-order valence-electron chi connectivity index (χ1n) is 4.65. The Balaban J connectivity index is 1.86. The van der Waals surface area contributed by atoms with E-state index in [1.165, 1.54) is 23.4 Å². The van der Waals surface area contributed by atoms with E-state index in [1.54, 1.807) is 0 Å². The highest BCUT2D eigenvalue weighted by atomic mass is 32.2. The first-order chi connectivity index (χ1) is 6.45. The molecular formula is C11H13NS. The molecule has 2 heteroatoms. The summed E-state index contributed by atoms with van der Waals surface area (Å²) in [7, 11) is 0. The molecule has 1 heterocycles. The Morgan fingerprint density at radius 3 is 2.77 bits per heavy atom.